The van der Waals surface area contributed by atoms with Crippen LogP contribution in [0.25, 0.3) is 0 Å². The van der Waals surface area contributed by atoms with Gasteiger partial charge < -0.3 is 10.1 Å². The summed E-state index contributed by atoms with van der Waals surface area (Å²) in [5, 5.41) is 3.56. The molecule has 1 aromatic rings. The topological polar surface area (TPSA) is 58.6 Å². The van der Waals surface area contributed by atoms with E-state index in [4.69, 9.17) is 27.9 Å². The molecule has 0 aromatic heterocycles. The van der Waals surface area contributed by atoms with Crippen LogP contribution < -0.4 is 5.32 Å². The number of carbonyl (C=O) groups excluding carboxylic acids is 2. The number of benzene rings is 1. The van der Waals surface area contributed by atoms with Crippen molar-refractivity contribution in [2.24, 2.45) is 0 Å². The summed E-state index contributed by atoms with van der Waals surface area (Å²) < 4.78 is 4.86. The molecule has 21 heavy (non-hydrogen) atoms. The van der Waals surface area contributed by atoms with Gasteiger partial charge in [0.1, 0.15) is 0 Å². The number of nitrogens with one attached hydrogen (secondary N) is 1. The van der Waals surface area contributed by atoms with Gasteiger partial charge in [-0.15, -0.1) is 0 Å². The number of amides is 1. The highest BCUT2D eigenvalue weighted by molar-refractivity contribution is 6.35. The van der Waals surface area contributed by atoms with Crippen molar-refractivity contribution in [1.82, 2.24) is 4.90 Å². The number of esters is 1. The van der Waals surface area contributed by atoms with Gasteiger partial charge in [-0.05, 0) is 31.7 Å². The highest BCUT2D eigenvalue weighted by Gasteiger charge is 2.14. The molecule has 0 bridgehead atoms. The molecule has 0 atom stereocenters. The van der Waals surface area contributed by atoms with Gasteiger partial charge in [0.25, 0.3) is 0 Å². The number of anilines is 1. The van der Waals surface area contributed by atoms with Gasteiger partial charge in [-0.25, -0.2) is 0 Å². The maximum atomic E-state index is 12.0. The quantitative estimate of drug-likeness (QED) is 0.780. The first-order chi connectivity index (χ1) is 9.96. The summed E-state index contributed by atoms with van der Waals surface area (Å²) in [5.74, 6) is -0.627. The van der Waals surface area contributed by atoms with Crippen molar-refractivity contribution >= 4 is 40.8 Å². The Labute approximate surface area is 134 Å². The van der Waals surface area contributed by atoms with E-state index in [1.165, 1.54) is 0 Å². The SMILES string of the molecule is CCOC(=O)CN(CC)CC(=O)Nc1cc(Cl)ccc1Cl. The molecule has 0 aliphatic carbocycles. The second-order valence-electron chi connectivity index (χ2n) is 4.28. The Bertz CT molecular complexity index is 509. The van der Waals surface area contributed by atoms with E-state index in [2.05, 4.69) is 5.32 Å². The van der Waals surface area contributed by atoms with E-state index in [9.17, 15) is 9.59 Å². The fraction of sp³-hybridized carbons (Fsp3) is 0.429. The highest BCUT2D eigenvalue weighted by atomic mass is 35.5. The number of hydrogen-bond donors (Lipinski definition) is 1. The van der Waals surface area contributed by atoms with Crippen LogP contribution >= 0.6 is 23.2 Å². The molecule has 0 saturated heterocycles. The average Bonchev–Trinajstić information content (AvgIpc) is 2.42. The maximum absolute atomic E-state index is 12.0. The minimum absolute atomic E-state index is 0.0676. The highest BCUT2D eigenvalue weighted by Crippen LogP contribution is 2.25. The molecule has 0 unspecified atom stereocenters. The van der Waals surface area contributed by atoms with Crippen molar-refractivity contribution in [2.75, 3.05) is 31.6 Å². The van der Waals surface area contributed by atoms with Crippen molar-refractivity contribution in [3.05, 3.63) is 28.2 Å². The zero-order chi connectivity index (χ0) is 15.8. The Morgan fingerprint density at radius 2 is 1.95 bits per heavy atom. The third-order valence-corrected chi connectivity index (χ3v) is 3.24. The second kappa shape index (κ2) is 8.87. The van der Waals surface area contributed by atoms with Crippen LogP contribution in [0.3, 0.4) is 0 Å². The Kier molecular flexibility index (Phi) is 7.50. The van der Waals surface area contributed by atoms with Crippen molar-refractivity contribution < 1.29 is 14.3 Å². The van der Waals surface area contributed by atoms with Crippen molar-refractivity contribution in [2.45, 2.75) is 13.8 Å². The van der Waals surface area contributed by atoms with Gasteiger partial charge in [0, 0.05) is 5.02 Å². The number of carbonyl (C=O) groups is 2. The van der Waals surface area contributed by atoms with Crippen LogP contribution in [-0.2, 0) is 14.3 Å². The Balaban J connectivity index is 2.58. The first-order valence-corrected chi connectivity index (χ1v) is 7.34. The minimum atomic E-state index is -0.354. The first-order valence-electron chi connectivity index (χ1n) is 6.59. The van der Waals surface area contributed by atoms with Crippen LogP contribution in [0.15, 0.2) is 18.2 Å². The molecule has 1 N–H and O–H groups in total. The van der Waals surface area contributed by atoms with Gasteiger partial charge in [0.2, 0.25) is 5.91 Å². The molecular weight excluding hydrogens is 315 g/mol. The molecule has 5 nitrogen and oxygen atoms in total. The fourth-order valence-corrected chi connectivity index (χ4v) is 1.99. The van der Waals surface area contributed by atoms with E-state index < -0.39 is 0 Å². The minimum Gasteiger partial charge on any atom is -0.465 e. The molecule has 0 heterocycles. The standard InChI is InChI=1S/C14H18Cl2N2O3/c1-3-18(9-14(20)21-4-2)8-13(19)17-12-7-10(15)5-6-11(12)16/h5-7H,3-4,8-9H2,1-2H3,(H,17,19). The predicted octanol–water partition coefficient (Wildman–Crippen LogP) is 2.82. The molecule has 0 aliphatic heterocycles. The maximum Gasteiger partial charge on any atom is 0.320 e. The van der Waals surface area contributed by atoms with Crippen LogP contribution in [0.1, 0.15) is 13.8 Å². The summed E-state index contributed by atoms with van der Waals surface area (Å²) in [6.45, 7) is 4.61. The van der Waals surface area contributed by atoms with Crippen LogP contribution in [-0.4, -0.2) is 43.0 Å². The van der Waals surface area contributed by atoms with Crippen molar-refractivity contribution in [3.63, 3.8) is 0 Å². The fourth-order valence-electron chi connectivity index (χ4n) is 1.65. The molecule has 1 rings (SSSR count). The smallest absolute Gasteiger partial charge is 0.320 e. The molecule has 0 aliphatic rings. The molecule has 0 saturated carbocycles. The summed E-state index contributed by atoms with van der Waals surface area (Å²) in [5.41, 5.74) is 0.446. The van der Waals surface area contributed by atoms with E-state index >= 15 is 0 Å². The normalized spacial score (nSPS) is 10.5. The van der Waals surface area contributed by atoms with Crippen LogP contribution in [0.5, 0.6) is 0 Å². The summed E-state index contributed by atoms with van der Waals surface area (Å²) in [6.07, 6.45) is 0. The van der Waals surface area contributed by atoms with Gasteiger partial charge in [-0.2, -0.15) is 0 Å². The van der Waals surface area contributed by atoms with E-state index in [0.29, 0.717) is 28.9 Å². The van der Waals surface area contributed by atoms with Crippen LogP contribution in [0.2, 0.25) is 10.0 Å². The van der Waals surface area contributed by atoms with Gasteiger partial charge >= 0.3 is 5.97 Å². The van der Waals surface area contributed by atoms with Crippen molar-refractivity contribution in [3.8, 4) is 0 Å². The van der Waals surface area contributed by atoms with Gasteiger partial charge in [0.15, 0.2) is 0 Å². The summed E-state index contributed by atoms with van der Waals surface area (Å²) in [6, 6.07) is 4.82. The largest absolute Gasteiger partial charge is 0.465 e. The van der Waals surface area contributed by atoms with Gasteiger partial charge in [-0.1, -0.05) is 30.1 Å². The Morgan fingerprint density at radius 3 is 2.57 bits per heavy atom. The summed E-state index contributed by atoms with van der Waals surface area (Å²) >= 11 is 11.8. The molecule has 1 aromatic carbocycles. The molecule has 116 valence electrons. The van der Waals surface area contributed by atoms with Crippen molar-refractivity contribution in [1.29, 1.82) is 0 Å². The Hall–Kier alpha value is -1.30. The molecular formula is C14H18Cl2N2O3. The zero-order valence-electron chi connectivity index (χ0n) is 12.0. The number of hydrogen-bond acceptors (Lipinski definition) is 4. The summed E-state index contributed by atoms with van der Waals surface area (Å²) in [4.78, 5) is 25.1. The lowest BCUT2D eigenvalue weighted by molar-refractivity contribution is -0.144. The number of ether oxygens (including phenoxy) is 1. The number of rotatable bonds is 7. The lowest BCUT2D eigenvalue weighted by Crippen LogP contribution is -2.37. The average molecular weight is 333 g/mol. The van der Waals surface area contributed by atoms with E-state index in [1.54, 1.807) is 30.0 Å². The Morgan fingerprint density at radius 1 is 1.24 bits per heavy atom. The predicted molar refractivity (Wildman–Crippen MR) is 83.8 cm³/mol. The molecule has 0 fully saturated rings. The first kappa shape index (κ1) is 17.8. The van der Waals surface area contributed by atoms with Gasteiger partial charge in [-0.3, -0.25) is 14.5 Å². The van der Waals surface area contributed by atoms with Crippen LogP contribution in [0.4, 0.5) is 5.69 Å². The second-order valence-corrected chi connectivity index (χ2v) is 5.12. The third kappa shape index (κ3) is 6.33. The third-order valence-electron chi connectivity index (χ3n) is 2.67. The molecule has 0 spiro atoms. The van der Waals surface area contributed by atoms with Gasteiger partial charge in [0.05, 0.1) is 30.4 Å². The monoisotopic (exact) mass is 332 g/mol. The lowest BCUT2D eigenvalue weighted by atomic mass is 10.3. The number of halogens is 2. The number of likely N-dealkylation sites (N-methyl/N-ethyl adjacent to an activating group) is 1. The van der Waals surface area contributed by atoms with E-state index in [-0.39, 0.29) is 25.0 Å². The van der Waals surface area contributed by atoms with E-state index in [0.717, 1.165) is 0 Å². The molecule has 0 radical (unpaired) electrons. The summed E-state index contributed by atoms with van der Waals surface area (Å²) in [7, 11) is 0. The van der Waals surface area contributed by atoms with Crippen LogP contribution in [0, 0.1) is 0 Å². The zero-order valence-corrected chi connectivity index (χ0v) is 13.5. The van der Waals surface area contributed by atoms with E-state index in [1.807, 2.05) is 6.92 Å². The number of nitrogens with zero attached hydrogens (tertiary/aromatic N) is 1. The lowest BCUT2D eigenvalue weighted by Gasteiger charge is -2.18. The molecule has 1 amide bonds. The molecule has 7 heteroatoms.